The lowest BCUT2D eigenvalue weighted by atomic mass is 10.00. The molecule has 2 amide bonds. The Morgan fingerprint density at radius 1 is 1.27 bits per heavy atom. The Morgan fingerprint density at radius 2 is 2.00 bits per heavy atom. The van der Waals surface area contributed by atoms with E-state index in [4.69, 9.17) is 11.6 Å². The normalized spacial score (nSPS) is 17.1. The summed E-state index contributed by atoms with van der Waals surface area (Å²) < 4.78 is 0. The second-order valence-corrected chi connectivity index (χ2v) is 6.72. The molecule has 5 nitrogen and oxygen atoms in total. The number of carbonyl (C=O) groups is 2. The van der Waals surface area contributed by atoms with E-state index < -0.39 is 6.04 Å². The second-order valence-electron chi connectivity index (χ2n) is 6.31. The summed E-state index contributed by atoms with van der Waals surface area (Å²) in [5.41, 5.74) is 1.75. The van der Waals surface area contributed by atoms with Crippen LogP contribution in [0.25, 0.3) is 11.1 Å². The van der Waals surface area contributed by atoms with Crippen molar-refractivity contribution in [3.05, 3.63) is 53.1 Å². The summed E-state index contributed by atoms with van der Waals surface area (Å²) in [6.07, 6.45) is 1.35. The molecular weight excluding hydrogens is 352 g/mol. The molecule has 0 spiro atoms. The number of aromatic hydroxyl groups is 1. The number of hydrogen-bond donors (Lipinski definition) is 2. The van der Waals surface area contributed by atoms with Crippen LogP contribution >= 0.6 is 11.6 Å². The first-order valence-corrected chi connectivity index (χ1v) is 9.07. The maximum atomic E-state index is 13.1. The van der Waals surface area contributed by atoms with Gasteiger partial charge in [-0.2, -0.15) is 0 Å². The highest BCUT2D eigenvalue weighted by Gasteiger charge is 2.34. The topological polar surface area (TPSA) is 69.6 Å². The van der Waals surface area contributed by atoms with Gasteiger partial charge in [0.2, 0.25) is 5.91 Å². The van der Waals surface area contributed by atoms with Crippen molar-refractivity contribution in [1.82, 2.24) is 10.2 Å². The van der Waals surface area contributed by atoms with Crippen LogP contribution in [-0.2, 0) is 4.79 Å². The molecule has 1 fully saturated rings. The van der Waals surface area contributed by atoms with Crippen molar-refractivity contribution in [2.45, 2.75) is 25.8 Å². The Morgan fingerprint density at radius 3 is 2.69 bits per heavy atom. The van der Waals surface area contributed by atoms with E-state index in [-0.39, 0.29) is 28.1 Å². The zero-order chi connectivity index (χ0) is 18.7. The summed E-state index contributed by atoms with van der Waals surface area (Å²) in [6.45, 7) is 2.77. The van der Waals surface area contributed by atoms with Gasteiger partial charge in [0.1, 0.15) is 11.8 Å². The number of nitrogens with one attached hydrogen (secondary N) is 1. The second kappa shape index (κ2) is 7.79. The molecule has 0 aliphatic carbocycles. The zero-order valence-corrected chi connectivity index (χ0v) is 15.3. The highest BCUT2D eigenvalue weighted by molar-refractivity contribution is 6.33. The molecule has 0 aromatic heterocycles. The van der Waals surface area contributed by atoms with Crippen LogP contribution in [-0.4, -0.2) is 41.0 Å². The van der Waals surface area contributed by atoms with Crippen molar-refractivity contribution in [2.24, 2.45) is 0 Å². The molecular formula is C20H21ClN2O3. The molecule has 0 radical (unpaired) electrons. The summed E-state index contributed by atoms with van der Waals surface area (Å²) >= 11 is 6.18. The van der Waals surface area contributed by atoms with Crippen LogP contribution in [0.15, 0.2) is 42.5 Å². The Kier molecular flexibility index (Phi) is 5.47. The minimum atomic E-state index is -0.528. The van der Waals surface area contributed by atoms with Gasteiger partial charge in [-0.1, -0.05) is 55.3 Å². The van der Waals surface area contributed by atoms with Crippen LogP contribution in [0, 0.1) is 0 Å². The largest absolute Gasteiger partial charge is 0.506 e. The van der Waals surface area contributed by atoms with Crippen LogP contribution < -0.4 is 5.32 Å². The molecule has 1 unspecified atom stereocenters. The van der Waals surface area contributed by atoms with Crippen LogP contribution in [0.3, 0.4) is 0 Å². The summed E-state index contributed by atoms with van der Waals surface area (Å²) in [5, 5.41) is 13.3. The Hall–Kier alpha value is -2.53. The first-order valence-electron chi connectivity index (χ1n) is 8.69. The lowest BCUT2D eigenvalue weighted by molar-refractivity contribution is -0.128. The highest BCUT2D eigenvalue weighted by Crippen LogP contribution is 2.34. The van der Waals surface area contributed by atoms with Crippen LogP contribution in [0.5, 0.6) is 5.75 Å². The minimum absolute atomic E-state index is 0.114. The lowest BCUT2D eigenvalue weighted by Gasteiger charge is -2.35. The zero-order valence-electron chi connectivity index (χ0n) is 14.5. The molecule has 1 aliphatic rings. The summed E-state index contributed by atoms with van der Waals surface area (Å²) in [4.78, 5) is 26.8. The molecule has 6 heteroatoms. The van der Waals surface area contributed by atoms with E-state index in [1.165, 1.54) is 4.90 Å². The Labute approximate surface area is 157 Å². The number of nitrogens with zero attached hydrogens (tertiary/aromatic N) is 1. The highest BCUT2D eigenvalue weighted by atomic mass is 35.5. The molecule has 0 bridgehead atoms. The van der Waals surface area contributed by atoms with Crippen molar-refractivity contribution >= 4 is 23.4 Å². The predicted molar refractivity (Wildman–Crippen MR) is 101 cm³/mol. The standard InChI is InChI=1S/C20H21ClN2O3/c1-2-6-17-19(25)22-9-10-23(17)20(26)15-11-14(12-16(21)18(15)24)13-7-4-3-5-8-13/h3-5,7-8,11-12,17,24H,2,6,9-10H2,1H3,(H,22,25). The van der Waals surface area contributed by atoms with Gasteiger partial charge in [0.15, 0.2) is 0 Å². The SMILES string of the molecule is CCCC1C(=O)NCCN1C(=O)c1cc(-c2ccccc2)cc(Cl)c1O. The van der Waals surface area contributed by atoms with Crippen LogP contribution in [0.1, 0.15) is 30.1 Å². The average Bonchev–Trinajstić information content (AvgIpc) is 2.66. The van der Waals surface area contributed by atoms with Gasteiger partial charge in [0, 0.05) is 13.1 Å². The first kappa shape index (κ1) is 18.3. The van der Waals surface area contributed by atoms with Crippen molar-refractivity contribution in [1.29, 1.82) is 0 Å². The van der Waals surface area contributed by atoms with Gasteiger partial charge in [0.25, 0.3) is 5.91 Å². The molecule has 3 rings (SSSR count). The summed E-state index contributed by atoms with van der Waals surface area (Å²) in [5.74, 6) is -0.788. The van der Waals surface area contributed by atoms with Crippen molar-refractivity contribution in [2.75, 3.05) is 13.1 Å². The van der Waals surface area contributed by atoms with E-state index in [2.05, 4.69) is 5.32 Å². The van der Waals surface area contributed by atoms with E-state index >= 15 is 0 Å². The maximum absolute atomic E-state index is 13.1. The van der Waals surface area contributed by atoms with Crippen LogP contribution in [0.2, 0.25) is 5.02 Å². The van der Waals surface area contributed by atoms with Crippen molar-refractivity contribution in [3.8, 4) is 16.9 Å². The fourth-order valence-corrected chi connectivity index (χ4v) is 3.45. The number of carbonyl (C=O) groups excluding carboxylic acids is 2. The molecule has 1 saturated heterocycles. The minimum Gasteiger partial charge on any atom is -0.506 e. The smallest absolute Gasteiger partial charge is 0.258 e. The molecule has 0 saturated carbocycles. The number of rotatable bonds is 4. The fraction of sp³-hybridized carbons (Fsp3) is 0.300. The van der Waals surface area contributed by atoms with Gasteiger partial charge in [-0.3, -0.25) is 9.59 Å². The van der Waals surface area contributed by atoms with Gasteiger partial charge in [0.05, 0.1) is 10.6 Å². The summed E-state index contributed by atoms with van der Waals surface area (Å²) in [7, 11) is 0. The average molecular weight is 373 g/mol. The van der Waals surface area contributed by atoms with E-state index in [1.807, 2.05) is 37.3 Å². The molecule has 2 aromatic carbocycles. The quantitative estimate of drug-likeness (QED) is 0.863. The molecule has 2 N–H and O–H groups in total. The first-order chi connectivity index (χ1) is 12.5. The van der Waals surface area contributed by atoms with E-state index in [0.717, 1.165) is 17.5 Å². The van der Waals surface area contributed by atoms with E-state index in [9.17, 15) is 14.7 Å². The van der Waals surface area contributed by atoms with Gasteiger partial charge in [-0.15, -0.1) is 0 Å². The maximum Gasteiger partial charge on any atom is 0.258 e. The molecule has 1 heterocycles. The Bertz CT molecular complexity index is 823. The van der Waals surface area contributed by atoms with Crippen molar-refractivity contribution < 1.29 is 14.7 Å². The number of hydrogen-bond acceptors (Lipinski definition) is 3. The third-order valence-corrected chi connectivity index (χ3v) is 4.84. The summed E-state index contributed by atoms with van der Waals surface area (Å²) in [6, 6.07) is 12.2. The fourth-order valence-electron chi connectivity index (χ4n) is 3.23. The van der Waals surface area contributed by atoms with Gasteiger partial charge in [-0.05, 0) is 29.7 Å². The van der Waals surface area contributed by atoms with Crippen molar-refractivity contribution in [3.63, 3.8) is 0 Å². The third kappa shape index (κ3) is 3.53. The van der Waals surface area contributed by atoms with Gasteiger partial charge < -0.3 is 15.3 Å². The number of amides is 2. The van der Waals surface area contributed by atoms with E-state index in [1.54, 1.807) is 12.1 Å². The molecule has 26 heavy (non-hydrogen) atoms. The number of phenols is 1. The Balaban J connectivity index is 2.01. The number of piperazine rings is 1. The van der Waals surface area contributed by atoms with E-state index in [0.29, 0.717) is 19.5 Å². The molecule has 1 aliphatic heterocycles. The number of phenolic OH excluding ortho intramolecular Hbond substituents is 1. The number of benzene rings is 2. The molecule has 136 valence electrons. The molecule has 1 atom stereocenters. The van der Waals surface area contributed by atoms with Crippen LogP contribution in [0.4, 0.5) is 0 Å². The third-order valence-electron chi connectivity index (χ3n) is 4.55. The lowest BCUT2D eigenvalue weighted by Crippen LogP contribution is -2.57. The number of halogens is 1. The predicted octanol–water partition coefficient (Wildman–Crippen LogP) is 3.45. The van der Waals surface area contributed by atoms with Gasteiger partial charge in [-0.25, -0.2) is 0 Å². The monoisotopic (exact) mass is 372 g/mol. The molecule has 2 aromatic rings. The van der Waals surface area contributed by atoms with Gasteiger partial charge >= 0.3 is 0 Å².